The molecule has 0 aliphatic carbocycles. The van der Waals surface area contributed by atoms with Gasteiger partial charge in [-0.05, 0) is 11.6 Å². The van der Waals surface area contributed by atoms with Crippen LogP contribution in [0.5, 0.6) is 0 Å². The number of nitrogens with zero attached hydrogens (tertiary/aromatic N) is 2. The molecule has 2 rings (SSSR count). The van der Waals surface area contributed by atoms with Crippen molar-refractivity contribution in [3.8, 4) is 0 Å². The maximum absolute atomic E-state index is 13.4. The van der Waals surface area contributed by atoms with Gasteiger partial charge in [-0.25, -0.2) is 0 Å². The molecule has 0 saturated carbocycles. The average molecular weight is 241 g/mol. The summed E-state index contributed by atoms with van der Waals surface area (Å²) in [6.07, 6.45) is 0. The molecule has 1 N–H and O–H groups in total. The summed E-state index contributed by atoms with van der Waals surface area (Å²) in [5, 5.41) is 10.5. The van der Waals surface area contributed by atoms with E-state index >= 15 is 0 Å². The highest BCUT2D eigenvalue weighted by Crippen LogP contribution is 2.19. The second-order valence-electron chi connectivity index (χ2n) is 3.99. The lowest BCUT2D eigenvalue weighted by Gasteiger charge is -2.23. The Kier molecular flexibility index (Phi) is 3.65. The van der Waals surface area contributed by atoms with Crippen LogP contribution in [0, 0.1) is 15.9 Å². The number of halogens is 1. The predicted octanol–water partition coefficient (Wildman–Crippen LogP) is 1.08. The van der Waals surface area contributed by atoms with Crippen LogP contribution in [-0.2, 0) is 6.54 Å². The molecule has 1 heterocycles. The normalized spacial score (nSPS) is 17.0. The van der Waals surface area contributed by atoms with Gasteiger partial charge in [0.15, 0.2) is 13.2 Å². The first-order valence-electron chi connectivity index (χ1n) is 5.45. The van der Waals surface area contributed by atoms with E-state index in [1.54, 1.807) is 6.07 Å². The Morgan fingerprint density at radius 1 is 1.41 bits per heavy atom. The second kappa shape index (κ2) is 5.20. The highest BCUT2D eigenvalue weighted by Gasteiger charge is 2.17. The van der Waals surface area contributed by atoms with Crippen LogP contribution >= 0.6 is 0 Å². The van der Waals surface area contributed by atoms with Gasteiger partial charge < -0.3 is 4.74 Å². The third-order valence-electron chi connectivity index (χ3n) is 2.76. The largest absolute Gasteiger partial charge is 0.432 e. The summed E-state index contributed by atoms with van der Waals surface area (Å²) in [6.45, 7) is 3.94. The molecular weight excluding hydrogens is 227 g/mol. The Hall–Kier alpha value is -1.53. The van der Waals surface area contributed by atoms with Crippen LogP contribution in [0.1, 0.15) is 5.56 Å². The Bertz CT molecular complexity index is 419. The Morgan fingerprint density at radius 3 is 2.71 bits per heavy atom. The molecule has 6 heteroatoms. The van der Waals surface area contributed by atoms with Crippen LogP contribution in [0.3, 0.4) is 0 Å². The molecule has 0 unspecified atom stereocenters. The summed E-state index contributed by atoms with van der Waals surface area (Å²) in [6, 6.07) is 4.07. The van der Waals surface area contributed by atoms with Gasteiger partial charge in [0.1, 0.15) is 0 Å². The zero-order valence-corrected chi connectivity index (χ0v) is 9.30. The minimum Gasteiger partial charge on any atom is -0.432 e. The van der Waals surface area contributed by atoms with Gasteiger partial charge in [-0.3, -0.25) is 15.0 Å². The van der Waals surface area contributed by atoms with Gasteiger partial charge >= 0.3 is 5.69 Å². The van der Waals surface area contributed by atoms with Gasteiger partial charge in [-0.2, -0.15) is 4.39 Å². The topological polar surface area (TPSA) is 59.2 Å². The first-order valence-corrected chi connectivity index (χ1v) is 5.45. The maximum atomic E-state index is 13.4. The van der Waals surface area contributed by atoms with Crippen molar-refractivity contribution in [1.29, 1.82) is 0 Å². The van der Waals surface area contributed by atoms with Crippen molar-refractivity contribution in [1.82, 2.24) is 4.90 Å². The number of rotatable bonds is 3. The van der Waals surface area contributed by atoms with Gasteiger partial charge in [0.25, 0.3) is 0 Å². The van der Waals surface area contributed by atoms with Crippen molar-refractivity contribution in [3.05, 3.63) is 39.7 Å². The Balaban J connectivity index is 2.06. The van der Waals surface area contributed by atoms with Crippen LogP contribution < -0.4 is 0 Å². The molecule has 0 bridgehead atoms. The molecule has 0 aromatic heterocycles. The highest BCUT2D eigenvalue weighted by molar-refractivity contribution is 5.34. The van der Waals surface area contributed by atoms with E-state index < -0.39 is 16.4 Å². The monoisotopic (exact) mass is 241 g/mol. The number of aliphatic hydroxyl groups is 2. The molecule has 92 valence electrons. The van der Waals surface area contributed by atoms with E-state index in [-0.39, 0.29) is 0 Å². The first-order chi connectivity index (χ1) is 8.16. The molecule has 0 atom stereocenters. The van der Waals surface area contributed by atoms with Crippen molar-refractivity contribution in [2.45, 2.75) is 6.54 Å². The van der Waals surface area contributed by atoms with Gasteiger partial charge in [-0.1, -0.05) is 6.07 Å². The van der Waals surface area contributed by atoms with E-state index in [0.29, 0.717) is 6.54 Å². The van der Waals surface area contributed by atoms with E-state index in [4.69, 9.17) is 0 Å². The number of hydrogen-bond acceptors (Lipinski definition) is 3. The van der Waals surface area contributed by atoms with Crippen molar-refractivity contribution in [3.63, 3.8) is 0 Å². The van der Waals surface area contributed by atoms with Crippen LogP contribution in [-0.4, -0.2) is 40.9 Å². The van der Waals surface area contributed by atoms with E-state index in [1.807, 2.05) is 0 Å². The molecule has 1 saturated heterocycles. The molecule has 1 aromatic rings. The minimum atomic E-state index is -0.769. The van der Waals surface area contributed by atoms with Gasteiger partial charge in [0.2, 0.25) is 5.82 Å². The third-order valence-corrected chi connectivity index (χ3v) is 2.76. The van der Waals surface area contributed by atoms with Crippen LogP contribution in [0.2, 0.25) is 0 Å². The number of ether oxygens (including phenoxy) is 1. The van der Waals surface area contributed by atoms with Gasteiger partial charge in [-0.15, -0.1) is 0 Å². The fourth-order valence-electron chi connectivity index (χ4n) is 1.86. The third kappa shape index (κ3) is 2.98. The summed E-state index contributed by atoms with van der Waals surface area (Å²) >= 11 is 0. The lowest BCUT2D eigenvalue weighted by Crippen LogP contribution is -2.37. The summed E-state index contributed by atoms with van der Waals surface area (Å²) < 4.78 is 17.6. The molecule has 0 spiro atoms. The minimum absolute atomic E-state index is 0.470. The highest BCUT2D eigenvalue weighted by atomic mass is 19.1. The smallest absolute Gasteiger partial charge is 0.304 e. The summed E-state index contributed by atoms with van der Waals surface area (Å²) in [7, 11) is 0. The molecule has 0 amide bonds. The number of benzene rings is 1. The molecule has 5 nitrogen and oxygen atoms in total. The molecule has 0 radical (unpaired) electrons. The SMILES string of the molecule is O=[N+]([O-])c1ccc(CN2CC[OH+]CC2)cc1F. The van der Waals surface area contributed by atoms with Crippen LogP contribution in [0.4, 0.5) is 10.1 Å². The molecular formula is C11H14FN2O3+. The fourth-order valence-corrected chi connectivity index (χ4v) is 1.86. The van der Waals surface area contributed by atoms with Crippen molar-refractivity contribution in [2.75, 3.05) is 26.3 Å². The van der Waals surface area contributed by atoms with Crippen molar-refractivity contribution < 1.29 is 14.1 Å². The Morgan fingerprint density at radius 2 is 2.12 bits per heavy atom. The quantitative estimate of drug-likeness (QED) is 0.452. The standard InChI is InChI=1S/C11H13FN2O3/c12-10-7-9(1-2-11(10)14(15)16)8-13-3-5-17-6-4-13/h1-2,7H,3-6,8H2/p+1. The van der Waals surface area contributed by atoms with Gasteiger partial charge in [0.05, 0.1) is 18.0 Å². The number of nitro groups is 1. The summed E-state index contributed by atoms with van der Waals surface area (Å²) in [5.41, 5.74) is 0.289. The molecule has 1 aliphatic heterocycles. The second-order valence-corrected chi connectivity index (χ2v) is 3.99. The average Bonchev–Trinajstić information content (AvgIpc) is 2.30. The zero-order valence-electron chi connectivity index (χ0n) is 9.30. The number of morpholine rings is 1. The van der Waals surface area contributed by atoms with E-state index in [9.17, 15) is 14.5 Å². The fraction of sp³-hybridized carbons (Fsp3) is 0.455. The molecule has 1 aliphatic rings. The van der Waals surface area contributed by atoms with Crippen molar-refractivity contribution >= 4 is 5.69 Å². The lowest BCUT2D eigenvalue weighted by atomic mass is 10.2. The molecule has 17 heavy (non-hydrogen) atoms. The molecule has 1 fully saturated rings. The predicted molar refractivity (Wildman–Crippen MR) is 60.3 cm³/mol. The lowest BCUT2D eigenvalue weighted by molar-refractivity contribution is -0.387. The summed E-state index contributed by atoms with van der Waals surface area (Å²) in [5.74, 6) is -0.769. The van der Waals surface area contributed by atoms with E-state index in [0.717, 1.165) is 31.9 Å². The maximum Gasteiger partial charge on any atom is 0.304 e. The zero-order chi connectivity index (χ0) is 12.3. The molecule has 1 aromatic carbocycles. The first kappa shape index (κ1) is 11.9. The van der Waals surface area contributed by atoms with Gasteiger partial charge in [0, 0.05) is 12.6 Å². The van der Waals surface area contributed by atoms with Crippen LogP contribution in [0.25, 0.3) is 0 Å². The Labute approximate surface area is 97.9 Å². The summed E-state index contributed by atoms with van der Waals surface area (Å²) in [4.78, 5) is 11.9. The van der Waals surface area contributed by atoms with E-state index in [1.165, 1.54) is 12.1 Å². The van der Waals surface area contributed by atoms with Crippen LogP contribution in [0.15, 0.2) is 18.2 Å². The van der Waals surface area contributed by atoms with E-state index in [2.05, 4.69) is 9.64 Å². The van der Waals surface area contributed by atoms with Crippen molar-refractivity contribution in [2.24, 2.45) is 0 Å². The number of nitro benzene ring substituents is 1. The number of hydrogen-bond donors (Lipinski definition) is 0.